The smallest absolute Gasteiger partial charge is 0.320 e. The van der Waals surface area contributed by atoms with Gasteiger partial charge in [0.15, 0.2) is 0 Å². The van der Waals surface area contributed by atoms with E-state index < -0.39 is 0 Å². The van der Waals surface area contributed by atoms with Gasteiger partial charge in [-0.2, -0.15) is 0 Å². The van der Waals surface area contributed by atoms with Crippen LogP contribution >= 0.6 is 23.2 Å². The molecule has 0 aliphatic heterocycles. The fourth-order valence-electron chi connectivity index (χ4n) is 1.71. The summed E-state index contributed by atoms with van der Waals surface area (Å²) in [6.45, 7) is 3.77. The number of hydrogen-bond donors (Lipinski definition) is 3. The van der Waals surface area contributed by atoms with E-state index in [1.165, 1.54) is 0 Å². The van der Waals surface area contributed by atoms with Gasteiger partial charge in [0.25, 0.3) is 0 Å². The lowest BCUT2D eigenvalue weighted by atomic mass is 10.3. The van der Waals surface area contributed by atoms with Gasteiger partial charge in [0.05, 0.1) is 22.6 Å². The Labute approximate surface area is 139 Å². The number of urea groups is 1. The third kappa shape index (κ3) is 4.79. The number of carbonyl (C=O) groups is 1. The minimum atomic E-state index is -0.291. The molecular formula is C15H16Cl2N4O. The highest BCUT2D eigenvalue weighted by molar-refractivity contribution is 6.35. The van der Waals surface area contributed by atoms with E-state index in [4.69, 9.17) is 23.2 Å². The lowest BCUT2D eigenvalue weighted by molar-refractivity contribution is 0.250. The number of nitrogens with zero attached hydrogens (tertiary/aromatic N) is 1. The Balaban J connectivity index is 2.03. The van der Waals surface area contributed by atoms with Crippen LogP contribution in [0.4, 0.5) is 22.0 Å². The van der Waals surface area contributed by atoms with Gasteiger partial charge in [-0.1, -0.05) is 23.2 Å². The highest BCUT2D eigenvalue weighted by Gasteiger charge is 2.05. The third-order valence-corrected chi connectivity index (χ3v) is 3.20. The molecule has 0 aliphatic carbocycles. The normalized spacial score (nSPS) is 10.4. The second-order valence-electron chi connectivity index (χ2n) is 4.93. The number of benzene rings is 1. The first kappa shape index (κ1) is 16.4. The summed E-state index contributed by atoms with van der Waals surface area (Å²) in [7, 11) is 0. The Kier molecular flexibility index (Phi) is 5.46. The van der Waals surface area contributed by atoms with Crippen LogP contribution in [0, 0.1) is 0 Å². The number of halogens is 2. The number of nitrogens with one attached hydrogen (secondary N) is 3. The summed E-state index contributed by atoms with van der Waals surface area (Å²) in [5, 5.41) is 9.63. The highest BCUT2D eigenvalue weighted by Crippen LogP contribution is 2.28. The average Bonchev–Trinajstić information content (AvgIpc) is 2.44. The molecule has 1 aromatic carbocycles. The molecule has 0 saturated carbocycles. The Hall–Kier alpha value is -1.98. The van der Waals surface area contributed by atoms with E-state index in [0.29, 0.717) is 21.6 Å². The van der Waals surface area contributed by atoms with Gasteiger partial charge in [0, 0.05) is 11.1 Å². The maximum atomic E-state index is 11.6. The number of aromatic nitrogens is 1. The molecule has 0 saturated heterocycles. The van der Waals surface area contributed by atoms with Gasteiger partial charge in [-0.05, 0) is 44.2 Å². The van der Waals surface area contributed by atoms with Gasteiger partial charge in [-0.25, -0.2) is 9.78 Å². The molecule has 0 fully saturated rings. The molecule has 5 nitrogen and oxygen atoms in total. The Bertz CT molecular complexity index is 659. The third-order valence-electron chi connectivity index (χ3n) is 2.63. The summed E-state index contributed by atoms with van der Waals surface area (Å²) in [5.74, 6) is 0.459. The van der Waals surface area contributed by atoms with Crippen molar-refractivity contribution in [3.63, 3.8) is 0 Å². The Morgan fingerprint density at radius 3 is 2.59 bits per heavy atom. The molecule has 0 spiro atoms. The molecule has 1 heterocycles. The van der Waals surface area contributed by atoms with Gasteiger partial charge in [0.1, 0.15) is 5.82 Å². The number of anilines is 3. The fraction of sp³-hybridized carbons (Fsp3) is 0.200. The van der Waals surface area contributed by atoms with Crippen molar-refractivity contribution in [2.24, 2.45) is 0 Å². The first-order valence-corrected chi connectivity index (χ1v) is 7.45. The van der Waals surface area contributed by atoms with Crippen molar-refractivity contribution < 1.29 is 4.79 Å². The van der Waals surface area contributed by atoms with Crippen LogP contribution in [0.3, 0.4) is 0 Å². The molecule has 116 valence electrons. The average molecular weight is 339 g/mol. The fourth-order valence-corrected chi connectivity index (χ4v) is 2.04. The molecule has 0 aliphatic rings. The van der Waals surface area contributed by atoms with E-state index in [1.54, 1.807) is 36.5 Å². The SMILES string of the molecule is CC(C)NC(=O)Nc1ccc(Nc2cc(Cl)ccc2Cl)cn1. The van der Waals surface area contributed by atoms with Gasteiger partial charge in [0.2, 0.25) is 0 Å². The summed E-state index contributed by atoms with van der Waals surface area (Å²) in [4.78, 5) is 15.7. The second-order valence-corrected chi connectivity index (χ2v) is 5.78. The van der Waals surface area contributed by atoms with Crippen molar-refractivity contribution in [3.05, 3.63) is 46.6 Å². The van der Waals surface area contributed by atoms with Crippen LogP contribution in [0.2, 0.25) is 10.0 Å². The first-order valence-electron chi connectivity index (χ1n) is 6.69. The number of amides is 2. The van der Waals surface area contributed by atoms with Crippen molar-refractivity contribution >= 4 is 46.4 Å². The van der Waals surface area contributed by atoms with E-state index in [1.807, 2.05) is 13.8 Å². The zero-order chi connectivity index (χ0) is 16.1. The number of hydrogen-bond acceptors (Lipinski definition) is 3. The van der Waals surface area contributed by atoms with Crippen molar-refractivity contribution in [1.29, 1.82) is 0 Å². The zero-order valence-corrected chi connectivity index (χ0v) is 13.7. The van der Waals surface area contributed by atoms with Crippen LogP contribution in [0.15, 0.2) is 36.5 Å². The van der Waals surface area contributed by atoms with Crippen molar-refractivity contribution in [2.75, 3.05) is 10.6 Å². The molecule has 3 N–H and O–H groups in total. The van der Waals surface area contributed by atoms with E-state index in [9.17, 15) is 4.79 Å². The minimum absolute atomic E-state index is 0.0610. The molecule has 1 aromatic heterocycles. The van der Waals surface area contributed by atoms with Crippen LogP contribution < -0.4 is 16.0 Å². The number of rotatable bonds is 4. The van der Waals surface area contributed by atoms with Crippen LogP contribution in [-0.4, -0.2) is 17.1 Å². The van der Waals surface area contributed by atoms with Crippen LogP contribution in [0.25, 0.3) is 0 Å². The van der Waals surface area contributed by atoms with E-state index in [2.05, 4.69) is 20.9 Å². The molecule has 2 aromatic rings. The predicted molar refractivity (Wildman–Crippen MR) is 91.3 cm³/mol. The summed E-state index contributed by atoms with van der Waals surface area (Å²) in [5.41, 5.74) is 1.42. The van der Waals surface area contributed by atoms with Gasteiger partial charge in [-0.3, -0.25) is 5.32 Å². The van der Waals surface area contributed by atoms with Crippen LogP contribution in [0.1, 0.15) is 13.8 Å². The molecule has 0 bridgehead atoms. The van der Waals surface area contributed by atoms with Gasteiger partial charge in [-0.15, -0.1) is 0 Å². The van der Waals surface area contributed by atoms with E-state index >= 15 is 0 Å². The highest BCUT2D eigenvalue weighted by atomic mass is 35.5. The van der Waals surface area contributed by atoms with Gasteiger partial charge >= 0.3 is 6.03 Å². The Morgan fingerprint density at radius 2 is 1.95 bits per heavy atom. The molecule has 0 atom stereocenters. The van der Waals surface area contributed by atoms with Crippen LogP contribution in [0.5, 0.6) is 0 Å². The zero-order valence-electron chi connectivity index (χ0n) is 12.2. The molecule has 22 heavy (non-hydrogen) atoms. The minimum Gasteiger partial charge on any atom is -0.353 e. The lowest BCUT2D eigenvalue weighted by Gasteiger charge is -2.11. The maximum Gasteiger partial charge on any atom is 0.320 e. The number of carbonyl (C=O) groups excluding carboxylic acids is 1. The summed E-state index contributed by atoms with van der Waals surface area (Å²) >= 11 is 12.0. The topological polar surface area (TPSA) is 66.1 Å². The van der Waals surface area contributed by atoms with Crippen molar-refractivity contribution in [3.8, 4) is 0 Å². The molecule has 2 amide bonds. The molecule has 0 radical (unpaired) electrons. The van der Waals surface area contributed by atoms with Crippen molar-refractivity contribution in [1.82, 2.24) is 10.3 Å². The first-order chi connectivity index (χ1) is 10.4. The van der Waals surface area contributed by atoms with Crippen LogP contribution in [-0.2, 0) is 0 Å². The monoisotopic (exact) mass is 338 g/mol. The van der Waals surface area contributed by atoms with Crippen molar-refractivity contribution in [2.45, 2.75) is 19.9 Å². The summed E-state index contributed by atoms with van der Waals surface area (Å²) < 4.78 is 0. The summed E-state index contributed by atoms with van der Waals surface area (Å²) in [6.07, 6.45) is 1.60. The maximum absolute atomic E-state index is 11.6. The molecule has 2 rings (SSSR count). The Morgan fingerprint density at radius 1 is 1.18 bits per heavy atom. The number of pyridine rings is 1. The molecule has 0 unspecified atom stereocenters. The van der Waals surface area contributed by atoms with Gasteiger partial charge < -0.3 is 10.6 Å². The lowest BCUT2D eigenvalue weighted by Crippen LogP contribution is -2.34. The van der Waals surface area contributed by atoms with E-state index in [0.717, 1.165) is 5.69 Å². The molecular weight excluding hydrogens is 323 g/mol. The standard InChI is InChI=1S/C15H16Cl2N4O/c1-9(2)19-15(22)21-14-6-4-11(8-18-14)20-13-7-10(16)3-5-12(13)17/h3-9,20H,1-2H3,(H2,18,19,21,22). The predicted octanol–water partition coefficient (Wildman–Crippen LogP) is 4.66. The largest absolute Gasteiger partial charge is 0.353 e. The summed E-state index contributed by atoms with van der Waals surface area (Å²) in [6, 6.07) is 8.41. The molecule has 7 heteroatoms. The van der Waals surface area contributed by atoms with E-state index in [-0.39, 0.29) is 12.1 Å². The quantitative estimate of drug-likeness (QED) is 0.759. The second kappa shape index (κ2) is 7.33.